The highest BCUT2D eigenvalue weighted by Crippen LogP contribution is 2.16. The minimum atomic E-state index is -0.304. The van der Waals surface area contributed by atoms with E-state index in [-0.39, 0.29) is 6.03 Å². The van der Waals surface area contributed by atoms with Crippen molar-refractivity contribution in [2.75, 3.05) is 11.9 Å². The van der Waals surface area contributed by atoms with Crippen LogP contribution in [0.3, 0.4) is 0 Å². The van der Waals surface area contributed by atoms with E-state index >= 15 is 0 Å². The lowest BCUT2D eigenvalue weighted by Gasteiger charge is -2.18. The number of carbonyl (C=O) groups excluding carboxylic acids is 1. The molecule has 0 saturated carbocycles. The number of amidine groups is 1. The number of hydrogen-bond acceptors (Lipinski definition) is 1. The van der Waals surface area contributed by atoms with Gasteiger partial charge in [0.15, 0.2) is 0 Å². The molecule has 4 nitrogen and oxygen atoms in total. The number of hydrogen-bond donors (Lipinski definition) is 1. The zero-order chi connectivity index (χ0) is 15.2. The van der Waals surface area contributed by atoms with Gasteiger partial charge in [0.2, 0.25) is 0 Å². The molecule has 0 aromatic heterocycles. The quantitative estimate of drug-likeness (QED) is 0.932. The molecule has 2 aromatic rings. The Kier molecular flexibility index (Phi) is 4.49. The molecule has 4 heteroatoms. The molecule has 22 heavy (non-hydrogen) atoms. The Balaban J connectivity index is 1.65. The summed E-state index contributed by atoms with van der Waals surface area (Å²) in [6.07, 6.45) is 1.90. The molecule has 1 N–H and O–H groups in total. The normalized spacial score (nSPS) is 16.0. The first kappa shape index (κ1) is 14.3. The van der Waals surface area contributed by atoms with Crippen LogP contribution in [0.2, 0.25) is 0 Å². The van der Waals surface area contributed by atoms with Crippen molar-refractivity contribution in [3.63, 3.8) is 0 Å². The van der Waals surface area contributed by atoms with Crippen LogP contribution < -0.4 is 5.32 Å². The second-order valence-corrected chi connectivity index (χ2v) is 5.33. The summed E-state index contributed by atoms with van der Waals surface area (Å²) in [5.74, 6) is 0.872. The molecular formula is C18H19N3O. The van der Waals surface area contributed by atoms with Gasteiger partial charge in [-0.25, -0.2) is 4.79 Å². The van der Waals surface area contributed by atoms with Gasteiger partial charge in [0, 0.05) is 25.2 Å². The molecule has 2 amide bonds. The topological polar surface area (TPSA) is 44.7 Å². The molecule has 1 saturated heterocycles. The van der Waals surface area contributed by atoms with E-state index in [9.17, 15) is 4.79 Å². The smallest absolute Gasteiger partial charge is 0.347 e. The number of likely N-dealkylation sites (tertiary alicyclic amines) is 1. The average Bonchev–Trinajstić information content (AvgIpc) is 2.96. The van der Waals surface area contributed by atoms with E-state index in [0.717, 1.165) is 37.5 Å². The van der Waals surface area contributed by atoms with Gasteiger partial charge in [-0.2, -0.15) is 4.99 Å². The number of urea groups is 1. The fourth-order valence-corrected chi connectivity index (χ4v) is 2.61. The number of carbonyl (C=O) groups is 1. The third-order valence-electron chi connectivity index (χ3n) is 3.67. The maximum absolute atomic E-state index is 12.0. The van der Waals surface area contributed by atoms with Crippen molar-refractivity contribution in [2.24, 2.45) is 4.99 Å². The molecule has 3 rings (SSSR count). The molecule has 0 atom stereocenters. The van der Waals surface area contributed by atoms with Crippen LogP contribution in [0.5, 0.6) is 0 Å². The summed E-state index contributed by atoms with van der Waals surface area (Å²) in [6.45, 7) is 1.75. The number of benzene rings is 2. The largest absolute Gasteiger partial charge is 0.356 e. The zero-order valence-corrected chi connectivity index (χ0v) is 12.4. The van der Waals surface area contributed by atoms with Crippen molar-refractivity contribution in [1.82, 2.24) is 4.90 Å². The molecule has 1 aliphatic heterocycles. The summed E-state index contributed by atoms with van der Waals surface area (Å²) in [5.41, 5.74) is 2.00. The van der Waals surface area contributed by atoms with Crippen molar-refractivity contribution >= 4 is 17.6 Å². The molecule has 0 radical (unpaired) electrons. The lowest BCUT2D eigenvalue weighted by Crippen LogP contribution is -2.26. The number of rotatable bonds is 3. The van der Waals surface area contributed by atoms with Gasteiger partial charge < -0.3 is 10.2 Å². The third kappa shape index (κ3) is 3.73. The van der Waals surface area contributed by atoms with Crippen LogP contribution in [0.25, 0.3) is 0 Å². The summed E-state index contributed by atoms with van der Waals surface area (Å²) in [7, 11) is 0. The predicted octanol–water partition coefficient (Wildman–Crippen LogP) is 3.91. The molecular weight excluding hydrogens is 274 g/mol. The molecule has 112 valence electrons. The number of anilines is 1. The van der Waals surface area contributed by atoms with Gasteiger partial charge in [-0.1, -0.05) is 48.5 Å². The first-order chi connectivity index (χ1) is 10.8. The molecule has 1 aliphatic rings. The summed E-state index contributed by atoms with van der Waals surface area (Å²) < 4.78 is 0. The highest BCUT2D eigenvalue weighted by molar-refractivity contribution is 6.00. The lowest BCUT2D eigenvalue weighted by atomic mass is 10.2. The standard InChI is InChI=1S/C18H19N3O/c22-18(19-16-10-5-2-6-11-16)20-17-12-7-13-21(17)14-15-8-3-1-4-9-15/h1-6,8-11H,7,12-14H2,(H,19,22). The van der Waals surface area contributed by atoms with E-state index in [4.69, 9.17) is 0 Å². The van der Waals surface area contributed by atoms with Crippen LogP contribution in [0.1, 0.15) is 18.4 Å². The van der Waals surface area contributed by atoms with Crippen molar-refractivity contribution in [1.29, 1.82) is 0 Å². The van der Waals surface area contributed by atoms with Gasteiger partial charge in [-0.05, 0) is 24.1 Å². The number of nitrogens with one attached hydrogen (secondary N) is 1. The van der Waals surface area contributed by atoms with Gasteiger partial charge in [-0.15, -0.1) is 0 Å². The molecule has 0 unspecified atom stereocenters. The van der Waals surface area contributed by atoms with Crippen LogP contribution >= 0.6 is 0 Å². The van der Waals surface area contributed by atoms with Crippen LogP contribution in [0.4, 0.5) is 10.5 Å². The van der Waals surface area contributed by atoms with Crippen molar-refractivity contribution in [3.8, 4) is 0 Å². The molecule has 0 spiro atoms. The Bertz CT molecular complexity index is 653. The highest BCUT2D eigenvalue weighted by atomic mass is 16.2. The van der Waals surface area contributed by atoms with Gasteiger partial charge in [0.05, 0.1) is 0 Å². The summed E-state index contributed by atoms with van der Waals surface area (Å²) in [6, 6.07) is 19.4. The van der Waals surface area contributed by atoms with E-state index < -0.39 is 0 Å². The zero-order valence-electron chi connectivity index (χ0n) is 12.4. The fraction of sp³-hybridized carbons (Fsp3) is 0.222. The summed E-state index contributed by atoms with van der Waals surface area (Å²) in [4.78, 5) is 18.5. The van der Waals surface area contributed by atoms with Crippen LogP contribution in [0, 0.1) is 0 Å². The third-order valence-corrected chi connectivity index (χ3v) is 3.67. The second kappa shape index (κ2) is 6.89. The van der Waals surface area contributed by atoms with Gasteiger partial charge >= 0.3 is 6.03 Å². The SMILES string of the molecule is O=C(N=C1CCCN1Cc1ccccc1)Nc1ccccc1. The first-order valence-corrected chi connectivity index (χ1v) is 7.54. The fourth-order valence-electron chi connectivity index (χ4n) is 2.61. The Morgan fingerprint density at radius 3 is 2.45 bits per heavy atom. The molecule has 0 bridgehead atoms. The monoisotopic (exact) mass is 293 g/mol. The van der Waals surface area contributed by atoms with Crippen LogP contribution in [0.15, 0.2) is 65.7 Å². The maximum Gasteiger partial charge on any atom is 0.347 e. The Hall–Kier alpha value is -2.62. The lowest BCUT2D eigenvalue weighted by molar-refractivity contribution is 0.259. The average molecular weight is 293 g/mol. The van der Waals surface area contributed by atoms with E-state index in [2.05, 4.69) is 27.3 Å². The van der Waals surface area contributed by atoms with Crippen LogP contribution in [-0.2, 0) is 6.54 Å². The van der Waals surface area contributed by atoms with E-state index in [1.165, 1.54) is 5.56 Å². The number of nitrogens with zero attached hydrogens (tertiary/aromatic N) is 2. The Morgan fingerprint density at radius 1 is 1.05 bits per heavy atom. The van der Waals surface area contributed by atoms with E-state index in [1.807, 2.05) is 48.5 Å². The number of aliphatic imine (C=N–C) groups is 1. The molecule has 0 aliphatic carbocycles. The van der Waals surface area contributed by atoms with Crippen molar-refractivity contribution in [2.45, 2.75) is 19.4 Å². The number of para-hydroxylation sites is 1. The van der Waals surface area contributed by atoms with E-state index in [1.54, 1.807) is 0 Å². The van der Waals surface area contributed by atoms with Gasteiger partial charge in [-0.3, -0.25) is 0 Å². The second-order valence-electron chi connectivity index (χ2n) is 5.33. The highest BCUT2D eigenvalue weighted by Gasteiger charge is 2.19. The maximum atomic E-state index is 12.0. The minimum absolute atomic E-state index is 0.304. The van der Waals surface area contributed by atoms with Crippen LogP contribution in [-0.4, -0.2) is 23.3 Å². The first-order valence-electron chi connectivity index (χ1n) is 7.54. The number of amides is 2. The molecule has 1 heterocycles. The molecule has 1 fully saturated rings. The van der Waals surface area contributed by atoms with Crippen molar-refractivity contribution < 1.29 is 4.79 Å². The van der Waals surface area contributed by atoms with Crippen molar-refractivity contribution in [3.05, 3.63) is 66.2 Å². The summed E-state index contributed by atoms with van der Waals surface area (Å²) in [5, 5.41) is 2.80. The van der Waals surface area contributed by atoms with Gasteiger partial charge in [0.1, 0.15) is 5.84 Å². The summed E-state index contributed by atoms with van der Waals surface area (Å²) >= 11 is 0. The Labute approximate surface area is 130 Å². The predicted molar refractivity (Wildman–Crippen MR) is 89.0 cm³/mol. The van der Waals surface area contributed by atoms with Gasteiger partial charge in [0.25, 0.3) is 0 Å². The minimum Gasteiger partial charge on any atom is -0.356 e. The van der Waals surface area contributed by atoms with E-state index in [0.29, 0.717) is 0 Å². The Morgan fingerprint density at radius 2 is 1.73 bits per heavy atom. The molecule has 2 aromatic carbocycles.